The quantitative estimate of drug-likeness (QED) is 0.143. The van der Waals surface area contributed by atoms with Gasteiger partial charge in [-0.3, -0.25) is 9.59 Å². The van der Waals surface area contributed by atoms with Crippen LogP contribution in [-0.2, 0) is 59.6 Å². The highest BCUT2D eigenvalue weighted by molar-refractivity contribution is 8.24. The van der Waals surface area contributed by atoms with Crippen LogP contribution in [-0.4, -0.2) is 66.9 Å². The van der Waals surface area contributed by atoms with Crippen molar-refractivity contribution in [2.45, 2.75) is 119 Å². The molecule has 0 aromatic heterocycles. The number of carbonyl (C=O) groups is 2. The molecule has 0 radical (unpaired) electrons. The smallest absolute Gasteiger partial charge is 0.412 e. The summed E-state index contributed by atoms with van der Waals surface area (Å²) in [5.41, 5.74) is 4.37. The monoisotopic (exact) mass is 962 g/mol. The number of hydrogen-bond donors (Lipinski definition) is 3. The Hall–Kier alpha value is -2.45. The number of rotatable bonds is 12. The Kier molecular flexibility index (Phi) is 18.5. The standard InChI is InChI=1S/C21H29F3NO3PS.C18H25NO2.C3H5ClF3OPS/c1-8-15-10-13(4)9-14(5)16(15)17-18(20(6,12(2)3)25-19(17)26)28-29(7,30)27-11-21(22,23)24;1-7-13-9-11(4)8-12(5)14(13)15-16(20)18(6,10(2)3)19-17(15)21;1-9(4,10)8-2-3(5,6)7/h9-10,12H,8,11H2,1-7H3,(H,25,26);8-10,20H,7H2,1-6H3,(H,19,21);2H2,1H3. The number of nitrogens with one attached hydrogen (secondary N) is 2. The first-order chi connectivity index (χ1) is 27.5. The van der Waals surface area contributed by atoms with Crippen LogP contribution in [0.2, 0.25) is 0 Å². The van der Waals surface area contributed by atoms with Gasteiger partial charge in [0.25, 0.3) is 11.8 Å². The Bertz CT molecular complexity index is 2140. The number of aliphatic hydroxyl groups is 1. The number of benzene rings is 2. The third-order valence-electron chi connectivity index (χ3n) is 10.5. The molecule has 3 N–H and O–H groups in total. The van der Waals surface area contributed by atoms with Crippen LogP contribution < -0.4 is 10.6 Å². The normalized spacial score (nSPS) is 21.4. The number of aliphatic hydroxyl groups excluding tert-OH is 1. The summed E-state index contributed by atoms with van der Waals surface area (Å²) < 4.78 is 87.3. The maximum absolute atomic E-state index is 13.1. The van der Waals surface area contributed by atoms with E-state index in [1.54, 1.807) is 6.92 Å². The second-order valence-electron chi connectivity index (χ2n) is 16.4. The number of carbonyl (C=O) groups excluding carboxylic acids is 2. The molecule has 4 atom stereocenters. The summed E-state index contributed by atoms with van der Waals surface area (Å²) >= 11 is 14.9. The van der Waals surface area contributed by atoms with Crippen molar-refractivity contribution in [3.8, 4) is 0 Å². The Labute approximate surface area is 371 Å². The minimum absolute atomic E-state index is 0.0950. The van der Waals surface area contributed by atoms with Crippen LogP contribution in [0, 0.1) is 39.5 Å². The summed E-state index contributed by atoms with van der Waals surface area (Å²) in [6.07, 6.45) is -7.34. The molecule has 0 spiro atoms. The summed E-state index contributed by atoms with van der Waals surface area (Å²) in [6.45, 7) is 20.0. The van der Waals surface area contributed by atoms with Crippen LogP contribution in [0.3, 0.4) is 0 Å². The molecule has 8 nitrogen and oxygen atoms in total. The van der Waals surface area contributed by atoms with Crippen molar-refractivity contribution in [1.29, 1.82) is 0 Å². The topological polar surface area (TPSA) is 106 Å². The van der Waals surface area contributed by atoms with E-state index in [9.17, 15) is 41.0 Å². The van der Waals surface area contributed by atoms with Crippen molar-refractivity contribution >= 4 is 69.9 Å². The molecule has 19 heteroatoms. The zero-order valence-electron chi connectivity index (χ0n) is 37.1. The van der Waals surface area contributed by atoms with E-state index in [0.717, 1.165) is 45.4 Å². The van der Waals surface area contributed by atoms with Gasteiger partial charge in [0.2, 0.25) is 6.49 Å². The summed E-state index contributed by atoms with van der Waals surface area (Å²) in [4.78, 5) is 25.6. The molecule has 4 rings (SSSR count). The third-order valence-corrected chi connectivity index (χ3v) is 13.4. The first-order valence-corrected chi connectivity index (χ1v) is 26.7. The molecule has 61 heavy (non-hydrogen) atoms. The lowest BCUT2D eigenvalue weighted by Gasteiger charge is -2.34. The molecule has 0 aliphatic carbocycles. The minimum Gasteiger partial charge on any atom is -0.509 e. The highest BCUT2D eigenvalue weighted by atomic mass is 35.7. The van der Waals surface area contributed by atoms with Crippen molar-refractivity contribution in [1.82, 2.24) is 10.6 Å². The van der Waals surface area contributed by atoms with Gasteiger partial charge in [0.15, 0.2) is 6.61 Å². The van der Waals surface area contributed by atoms with Crippen molar-refractivity contribution in [2.75, 3.05) is 26.5 Å². The molecule has 4 unspecified atom stereocenters. The molecule has 2 heterocycles. The highest BCUT2D eigenvalue weighted by Crippen LogP contribution is 2.54. The Morgan fingerprint density at radius 2 is 1.10 bits per heavy atom. The van der Waals surface area contributed by atoms with E-state index >= 15 is 0 Å². The fourth-order valence-corrected chi connectivity index (χ4v) is 8.93. The van der Waals surface area contributed by atoms with Crippen LogP contribution in [0.15, 0.2) is 35.8 Å². The van der Waals surface area contributed by atoms with Crippen molar-refractivity contribution in [3.63, 3.8) is 0 Å². The van der Waals surface area contributed by atoms with Crippen LogP contribution in [0.4, 0.5) is 26.3 Å². The molecule has 344 valence electrons. The summed E-state index contributed by atoms with van der Waals surface area (Å²) in [5, 5.41) is 16.6. The van der Waals surface area contributed by atoms with Gasteiger partial charge in [0.05, 0.1) is 22.2 Å². The Morgan fingerprint density at radius 3 is 1.44 bits per heavy atom. The van der Waals surface area contributed by atoms with Gasteiger partial charge in [-0.1, -0.05) is 100.0 Å². The lowest BCUT2D eigenvalue weighted by atomic mass is 9.85. The number of alkyl halides is 6. The second kappa shape index (κ2) is 20.6. The largest absolute Gasteiger partial charge is 0.509 e. The average Bonchev–Trinajstić information content (AvgIpc) is 3.48. The predicted molar refractivity (Wildman–Crippen MR) is 241 cm³/mol. The van der Waals surface area contributed by atoms with Crippen LogP contribution in [0.5, 0.6) is 0 Å². The van der Waals surface area contributed by atoms with Crippen LogP contribution >= 0.6 is 23.3 Å². The molecule has 2 amide bonds. The molecule has 0 fully saturated rings. The van der Waals surface area contributed by atoms with E-state index in [1.165, 1.54) is 18.9 Å². The van der Waals surface area contributed by atoms with E-state index in [2.05, 4.69) is 52.9 Å². The summed E-state index contributed by atoms with van der Waals surface area (Å²) in [6, 6.07) is 8.14. The van der Waals surface area contributed by atoms with E-state index in [4.69, 9.17) is 32.1 Å². The molecule has 2 aromatic carbocycles. The van der Waals surface area contributed by atoms with E-state index in [1.807, 2.05) is 74.4 Å². The first-order valence-electron chi connectivity index (χ1n) is 19.5. The third kappa shape index (κ3) is 14.5. The molecule has 0 saturated carbocycles. The minimum atomic E-state index is -4.52. The van der Waals surface area contributed by atoms with Crippen LogP contribution in [0.25, 0.3) is 11.1 Å². The molecule has 0 saturated heterocycles. The molecule has 2 aliphatic rings. The molecule has 2 aromatic rings. The lowest BCUT2D eigenvalue weighted by Crippen LogP contribution is -2.46. The molecular weight excluding hydrogens is 904 g/mol. The zero-order chi connectivity index (χ0) is 47.4. The fourth-order valence-electron chi connectivity index (χ4n) is 6.82. The van der Waals surface area contributed by atoms with Gasteiger partial charge in [-0.25, -0.2) is 0 Å². The number of aryl methyl sites for hydroxylation is 6. The Balaban J connectivity index is 0.000000357. The SMILES string of the molecule is CCc1cc(C)cc(C)c1C1=C(O)C(C)(C(C)C)NC1=O.CCc1cc(C)cc(C)c1C1=C(OP(C)(=S)OCC(F)(F)F)C(C)(C(C)C)NC1=O.CP(=S)(Cl)OCC(F)(F)F. The average molecular weight is 963 g/mol. The van der Waals surface area contributed by atoms with Gasteiger partial charge in [-0.2, -0.15) is 26.3 Å². The van der Waals surface area contributed by atoms with E-state index in [-0.39, 0.29) is 35.2 Å². The highest BCUT2D eigenvalue weighted by Gasteiger charge is 2.49. The summed E-state index contributed by atoms with van der Waals surface area (Å²) in [7, 11) is 0. The van der Waals surface area contributed by atoms with Gasteiger partial charge in [0.1, 0.15) is 23.7 Å². The summed E-state index contributed by atoms with van der Waals surface area (Å²) in [5.74, 6) is -0.0440. The zero-order valence-corrected chi connectivity index (χ0v) is 41.3. The van der Waals surface area contributed by atoms with Gasteiger partial charge in [-0.05, 0) is 111 Å². The maximum Gasteiger partial charge on any atom is 0.412 e. The van der Waals surface area contributed by atoms with Crippen molar-refractivity contribution < 1.29 is 54.6 Å². The number of amides is 2. The van der Waals surface area contributed by atoms with Gasteiger partial charge < -0.3 is 29.3 Å². The second-order valence-corrected chi connectivity index (χ2v) is 26.7. The number of halogens is 7. The molecule has 2 aliphatic heterocycles. The molecule has 0 bridgehead atoms. The van der Waals surface area contributed by atoms with Gasteiger partial charge in [0, 0.05) is 13.3 Å². The first kappa shape index (κ1) is 54.7. The maximum atomic E-state index is 13.1. The number of hydrogen-bond acceptors (Lipinski definition) is 8. The lowest BCUT2D eigenvalue weighted by molar-refractivity contribution is -0.153. The molecular formula is C42H59ClF6N2O6P2S2. The fraction of sp³-hybridized carbons (Fsp3) is 0.571. The van der Waals surface area contributed by atoms with Crippen molar-refractivity contribution in [3.05, 3.63) is 80.3 Å². The Morgan fingerprint density at radius 1 is 0.721 bits per heavy atom. The van der Waals surface area contributed by atoms with Crippen molar-refractivity contribution in [2.24, 2.45) is 11.8 Å². The predicted octanol–water partition coefficient (Wildman–Crippen LogP) is 12.1. The van der Waals surface area contributed by atoms with Crippen LogP contribution in [0.1, 0.15) is 99.9 Å². The van der Waals surface area contributed by atoms with E-state index in [0.29, 0.717) is 17.6 Å². The van der Waals surface area contributed by atoms with Gasteiger partial charge in [-0.15, -0.1) is 0 Å². The van der Waals surface area contributed by atoms with Gasteiger partial charge >= 0.3 is 12.4 Å². The van der Waals surface area contributed by atoms with E-state index < -0.39 is 48.8 Å².